The van der Waals surface area contributed by atoms with Gasteiger partial charge in [0.2, 0.25) is 0 Å². The number of rotatable bonds is 3. The van der Waals surface area contributed by atoms with Gasteiger partial charge in [0.15, 0.2) is 11.9 Å². The SMILES string of the molecule is CC(C)(C)CC1OC2CN(C(=O)c3cn4nc(-c5ccc(F)cc5)ccc4n3)CCN2C1=O. The van der Waals surface area contributed by atoms with Crippen molar-refractivity contribution in [3.8, 4) is 11.3 Å². The third-order valence-corrected chi connectivity index (χ3v) is 5.98. The maximum atomic E-state index is 13.2. The van der Waals surface area contributed by atoms with Crippen LogP contribution in [0.1, 0.15) is 37.7 Å². The van der Waals surface area contributed by atoms with E-state index in [0.717, 1.165) is 5.56 Å². The highest BCUT2D eigenvalue weighted by Gasteiger charge is 2.45. The van der Waals surface area contributed by atoms with Crippen LogP contribution in [0.3, 0.4) is 0 Å². The van der Waals surface area contributed by atoms with Gasteiger partial charge in [0.25, 0.3) is 11.8 Å². The van der Waals surface area contributed by atoms with Crippen molar-refractivity contribution in [2.24, 2.45) is 5.41 Å². The maximum Gasteiger partial charge on any atom is 0.274 e. The molecular weight excluding hydrogens is 425 g/mol. The Morgan fingerprint density at radius 3 is 2.64 bits per heavy atom. The highest BCUT2D eigenvalue weighted by atomic mass is 19.1. The Bertz CT molecular complexity index is 1220. The summed E-state index contributed by atoms with van der Waals surface area (Å²) < 4.78 is 20.8. The van der Waals surface area contributed by atoms with Gasteiger partial charge < -0.3 is 14.5 Å². The normalized spacial score (nSPS) is 21.0. The van der Waals surface area contributed by atoms with Crippen LogP contribution in [0, 0.1) is 11.2 Å². The Balaban J connectivity index is 1.32. The summed E-state index contributed by atoms with van der Waals surface area (Å²) in [7, 11) is 0. The predicted octanol–water partition coefficient (Wildman–Crippen LogP) is 2.98. The summed E-state index contributed by atoms with van der Waals surface area (Å²) in [5, 5.41) is 4.51. The highest BCUT2D eigenvalue weighted by molar-refractivity contribution is 5.93. The summed E-state index contributed by atoms with van der Waals surface area (Å²) in [4.78, 5) is 33.7. The highest BCUT2D eigenvalue weighted by Crippen LogP contribution is 2.31. The number of piperazine rings is 1. The average Bonchev–Trinajstić information content (AvgIpc) is 3.33. The van der Waals surface area contributed by atoms with Gasteiger partial charge in [-0.2, -0.15) is 5.10 Å². The number of amides is 2. The molecule has 4 heterocycles. The average molecular weight is 452 g/mol. The summed E-state index contributed by atoms with van der Waals surface area (Å²) in [5.74, 6) is -0.529. The molecule has 9 heteroatoms. The predicted molar refractivity (Wildman–Crippen MR) is 119 cm³/mol. The smallest absolute Gasteiger partial charge is 0.274 e. The van der Waals surface area contributed by atoms with Gasteiger partial charge >= 0.3 is 0 Å². The van der Waals surface area contributed by atoms with E-state index in [-0.39, 0.29) is 28.7 Å². The Labute approximate surface area is 191 Å². The number of ether oxygens (including phenoxy) is 1. The molecule has 5 rings (SSSR count). The maximum absolute atomic E-state index is 13.2. The number of carbonyl (C=O) groups is 2. The molecule has 33 heavy (non-hydrogen) atoms. The van der Waals surface area contributed by atoms with Gasteiger partial charge in [-0.3, -0.25) is 9.59 Å². The molecule has 0 N–H and O–H groups in total. The van der Waals surface area contributed by atoms with Crippen molar-refractivity contribution in [2.75, 3.05) is 19.6 Å². The third-order valence-electron chi connectivity index (χ3n) is 5.98. The third kappa shape index (κ3) is 4.20. The van der Waals surface area contributed by atoms with E-state index in [1.54, 1.807) is 44.8 Å². The van der Waals surface area contributed by atoms with Crippen molar-refractivity contribution in [3.63, 3.8) is 0 Å². The van der Waals surface area contributed by atoms with Crippen molar-refractivity contribution in [2.45, 2.75) is 39.5 Å². The molecule has 2 saturated heterocycles. The molecular formula is C24H26FN5O3. The number of hydrogen-bond acceptors (Lipinski definition) is 5. The molecule has 0 spiro atoms. The molecule has 2 unspecified atom stereocenters. The molecule has 3 aromatic rings. The van der Waals surface area contributed by atoms with Crippen molar-refractivity contribution in [1.29, 1.82) is 0 Å². The molecule has 0 saturated carbocycles. The van der Waals surface area contributed by atoms with E-state index in [2.05, 4.69) is 30.9 Å². The molecule has 8 nitrogen and oxygen atoms in total. The van der Waals surface area contributed by atoms with Crippen molar-refractivity contribution in [3.05, 3.63) is 54.1 Å². The van der Waals surface area contributed by atoms with Crippen molar-refractivity contribution in [1.82, 2.24) is 24.4 Å². The minimum Gasteiger partial charge on any atom is -0.343 e. The van der Waals surface area contributed by atoms with E-state index in [0.29, 0.717) is 37.4 Å². The molecule has 0 aliphatic carbocycles. The summed E-state index contributed by atoms with van der Waals surface area (Å²) in [5.41, 5.74) is 2.21. The first-order chi connectivity index (χ1) is 15.7. The standard InChI is InChI=1S/C24H26FN5O3/c1-24(2,3)12-19-23(32)29-11-10-28(14-21(29)33-19)22(31)18-13-30-20(26-18)9-8-17(27-30)15-4-6-16(25)7-5-15/h4-9,13,19,21H,10-12,14H2,1-3H3. The summed E-state index contributed by atoms with van der Waals surface area (Å²) >= 11 is 0. The molecule has 0 radical (unpaired) electrons. The topological polar surface area (TPSA) is 80.0 Å². The van der Waals surface area contributed by atoms with Crippen LogP contribution in [-0.4, -0.2) is 68.2 Å². The van der Waals surface area contributed by atoms with Crippen molar-refractivity contribution >= 4 is 17.5 Å². The molecule has 2 atom stereocenters. The number of nitrogens with zero attached hydrogens (tertiary/aromatic N) is 5. The second-order valence-electron chi connectivity index (χ2n) is 9.78. The lowest BCUT2D eigenvalue weighted by molar-refractivity contribution is -0.132. The lowest BCUT2D eigenvalue weighted by Crippen LogP contribution is -2.53. The van der Waals surface area contributed by atoms with Crippen LogP contribution in [-0.2, 0) is 9.53 Å². The molecule has 2 amide bonds. The first-order valence-corrected chi connectivity index (χ1v) is 11.1. The van der Waals surface area contributed by atoms with Gasteiger partial charge in [-0.1, -0.05) is 20.8 Å². The van der Waals surface area contributed by atoms with Gasteiger partial charge in [0, 0.05) is 18.7 Å². The second kappa shape index (κ2) is 7.91. The van der Waals surface area contributed by atoms with Crippen LogP contribution >= 0.6 is 0 Å². The van der Waals surface area contributed by atoms with Gasteiger partial charge in [-0.15, -0.1) is 0 Å². The first kappa shape index (κ1) is 21.5. The molecule has 2 fully saturated rings. The minimum atomic E-state index is -0.464. The fraction of sp³-hybridized carbons (Fsp3) is 0.417. The monoisotopic (exact) mass is 451 g/mol. The van der Waals surface area contributed by atoms with Crippen LogP contribution < -0.4 is 0 Å². The number of hydrogen-bond donors (Lipinski definition) is 0. The quantitative estimate of drug-likeness (QED) is 0.612. The molecule has 172 valence electrons. The number of benzene rings is 1. The van der Waals surface area contributed by atoms with Crippen LogP contribution in [0.2, 0.25) is 0 Å². The number of halogens is 1. The summed E-state index contributed by atoms with van der Waals surface area (Å²) in [6, 6.07) is 9.63. The molecule has 2 aliphatic rings. The zero-order valence-electron chi connectivity index (χ0n) is 18.9. The zero-order valence-corrected chi connectivity index (χ0v) is 18.9. The summed E-state index contributed by atoms with van der Waals surface area (Å²) in [6.45, 7) is 7.42. The van der Waals surface area contributed by atoms with Gasteiger partial charge in [0.05, 0.1) is 18.4 Å². The lowest BCUT2D eigenvalue weighted by atomic mass is 9.89. The Kier molecular flexibility index (Phi) is 5.16. The van der Waals surface area contributed by atoms with Gasteiger partial charge in [-0.25, -0.2) is 13.9 Å². The minimum absolute atomic E-state index is 0.00674. The van der Waals surface area contributed by atoms with Crippen LogP contribution in [0.15, 0.2) is 42.6 Å². The fourth-order valence-electron chi connectivity index (χ4n) is 4.35. The molecule has 2 aromatic heterocycles. The fourth-order valence-corrected chi connectivity index (χ4v) is 4.35. The van der Waals surface area contributed by atoms with Crippen LogP contribution in [0.5, 0.6) is 0 Å². The molecule has 0 bridgehead atoms. The van der Waals surface area contributed by atoms with Crippen molar-refractivity contribution < 1.29 is 18.7 Å². The van der Waals surface area contributed by atoms with E-state index in [4.69, 9.17) is 4.74 Å². The first-order valence-electron chi connectivity index (χ1n) is 11.1. The van der Waals surface area contributed by atoms with Gasteiger partial charge in [0.1, 0.15) is 17.6 Å². The Morgan fingerprint density at radius 1 is 1.15 bits per heavy atom. The Hall–Kier alpha value is -3.33. The van der Waals surface area contributed by atoms with E-state index < -0.39 is 12.3 Å². The number of aromatic nitrogens is 3. The number of carbonyl (C=O) groups excluding carboxylic acids is 2. The molecule has 1 aromatic carbocycles. The number of imidazole rings is 1. The van der Waals surface area contributed by atoms with E-state index >= 15 is 0 Å². The molecule has 2 aliphatic heterocycles. The Morgan fingerprint density at radius 2 is 1.91 bits per heavy atom. The van der Waals surface area contributed by atoms with Crippen LogP contribution in [0.4, 0.5) is 4.39 Å². The summed E-state index contributed by atoms with van der Waals surface area (Å²) in [6.07, 6.45) is 1.35. The van der Waals surface area contributed by atoms with E-state index in [1.807, 2.05) is 0 Å². The lowest BCUT2D eigenvalue weighted by Gasteiger charge is -2.35. The zero-order chi connectivity index (χ0) is 23.3. The second-order valence-corrected chi connectivity index (χ2v) is 9.78. The number of fused-ring (bicyclic) bond motifs is 2. The van der Waals surface area contributed by atoms with E-state index in [9.17, 15) is 14.0 Å². The van der Waals surface area contributed by atoms with Gasteiger partial charge in [-0.05, 0) is 48.2 Å². The van der Waals surface area contributed by atoms with E-state index in [1.165, 1.54) is 12.1 Å². The largest absolute Gasteiger partial charge is 0.343 e. The van der Waals surface area contributed by atoms with Crippen LogP contribution in [0.25, 0.3) is 16.9 Å².